The molecule has 0 aromatic heterocycles. The van der Waals surface area contributed by atoms with E-state index in [1.165, 1.54) is 26.2 Å². The van der Waals surface area contributed by atoms with Crippen molar-refractivity contribution in [1.82, 2.24) is 5.32 Å². The first kappa shape index (κ1) is 16.2. The standard InChI is InChI=1S/C14H25NO3S/c1-3-4-10-19(17,18)12(2)14(16)15-11-13-8-6-5-7-9-13/h3-4,12-13H,5-11H2,1-2H3,(H,15,16). The Balaban J connectivity index is 2.43. The Morgan fingerprint density at radius 3 is 2.53 bits per heavy atom. The SMILES string of the molecule is CC=CCS(=O)(=O)C(C)C(=O)NCC1CCCCC1. The predicted octanol–water partition coefficient (Wildman–Crippen LogP) is 2.06. The lowest BCUT2D eigenvalue weighted by Crippen LogP contribution is -2.41. The molecule has 5 heteroatoms. The summed E-state index contributed by atoms with van der Waals surface area (Å²) in [5.74, 6) is 0.0832. The van der Waals surface area contributed by atoms with Gasteiger partial charge >= 0.3 is 0 Å². The highest BCUT2D eigenvalue weighted by Gasteiger charge is 2.27. The molecule has 1 unspecified atom stereocenters. The van der Waals surface area contributed by atoms with E-state index in [-0.39, 0.29) is 11.7 Å². The minimum atomic E-state index is -3.37. The van der Waals surface area contributed by atoms with Crippen molar-refractivity contribution in [2.24, 2.45) is 5.92 Å². The van der Waals surface area contributed by atoms with E-state index in [1.54, 1.807) is 19.1 Å². The molecule has 0 bridgehead atoms. The lowest BCUT2D eigenvalue weighted by atomic mass is 9.89. The molecule has 1 saturated carbocycles. The van der Waals surface area contributed by atoms with E-state index in [1.807, 2.05) is 0 Å². The summed E-state index contributed by atoms with van der Waals surface area (Å²) in [4.78, 5) is 11.9. The van der Waals surface area contributed by atoms with E-state index < -0.39 is 15.1 Å². The molecule has 0 heterocycles. The van der Waals surface area contributed by atoms with E-state index in [4.69, 9.17) is 0 Å². The molecule has 0 radical (unpaired) electrons. The highest BCUT2D eigenvalue weighted by Crippen LogP contribution is 2.22. The summed E-state index contributed by atoms with van der Waals surface area (Å²) >= 11 is 0. The third-order valence-corrected chi connectivity index (χ3v) is 5.71. The third kappa shape index (κ3) is 5.35. The van der Waals surface area contributed by atoms with Crippen LogP contribution in [0, 0.1) is 5.92 Å². The minimum Gasteiger partial charge on any atom is -0.355 e. The number of nitrogens with one attached hydrogen (secondary N) is 1. The Morgan fingerprint density at radius 1 is 1.32 bits per heavy atom. The number of sulfone groups is 1. The van der Waals surface area contributed by atoms with Gasteiger partial charge in [-0.15, -0.1) is 0 Å². The van der Waals surface area contributed by atoms with Crippen molar-refractivity contribution in [3.8, 4) is 0 Å². The predicted molar refractivity (Wildman–Crippen MR) is 77.6 cm³/mol. The summed E-state index contributed by atoms with van der Waals surface area (Å²) in [6.07, 6.45) is 9.24. The number of allylic oxidation sites excluding steroid dienone is 1. The highest BCUT2D eigenvalue weighted by molar-refractivity contribution is 7.92. The second-order valence-corrected chi connectivity index (χ2v) is 7.66. The van der Waals surface area contributed by atoms with Gasteiger partial charge in [0.05, 0.1) is 5.75 Å². The fourth-order valence-electron chi connectivity index (χ4n) is 2.32. The van der Waals surface area contributed by atoms with Crippen LogP contribution in [0.25, 0.3) is 0 Å². The maximum Gasteiger partial charge on any atom is 0.238 e. The van der Waals surface area contributed by atoms with Gasteiger partial charge < -0.3 is 5.32 Å². The Labute approximate surface area is 116 Å². The molecule has 4 nitrogen and oxygen atoms in total. The lowest BCUT2D eigenvalue weighted by Gasteiger charge is -2.22. The van der Waals surface area contributed by atoms with Gasteiger partial charge in [0, 0.05) is 6.54 Å². The normalized spacial score (nSPS) is 19.5. The van der Waals surface area contributed by atoms with E-state index in [9.17, 15) is 13.2 Å². The largest absolute Gasteiger partial charge is 0.355 e. The second kappa shape index (κ2) is 7.68. The van der Waals surface area contributed by atoms with Crippen LogP contribution in [0.1, 0.15) is 46.0 Å². The molecule has 0 aromatic carbocycles. The Morgan fingerprint density at radius 2 is 1.95 bits per heavy atom. The molecule has 1 aliphatic rings. The van der Waals surface area contributed by atoms with E-state index in [2.05, 4.69) is 5.32 Å². The average Bonchev–Trinajstić information content (AvgIpc) is 2.43. The Hall–Kier alpha value is -0.840. The topological polar surface area (TPSA) is 63.2 Å². The van der Waals surface area contributed by atoms with E-state index >= 15 is 0 Å². The molecule has 1 amide bonds. The average molecular weight is 287 g/mol. The smallest absolute Gasteiger partial charge is 0.238 e. The first-order valence-corrected chi connectivity index (χ1v) is 8.79. The van der Waals surface area contributed by atoms with Crippen molar-refractivity contribution in [2.45, 2.75) is 51.2 Å². The molecular formula is C14H25NO3S. The van der Waals surface area contributed by atoms with Crippen LogP contribution in [0.4, 0.5) is 0 Å². The number of hydrogen-bond acceptors (Lipinski definition) is 3. The Kier molecular flexibility index (Phi) is 6.55. The summed E-state index contributed by atoms with van der Waals surface area (Å²) < 4.78 is 23.7. The molecule has 1 N–H and O–H groups in total. The van der Waals surface area contributed by atoms with Crippen molar-refractivity contribution < 1.29 is 13.2 Å². The quantitative estimate of drug-likeness (QED) is 0.761. The molecule has 110 valence electrons. The molecule has 0 spiro atoms. The number of carbonyl (C=O) groups is 1. The summed E-state index contributed by atoms with van der Waals surface area (Å²) in [5.41, 5.74) is 0. The van der Waals surface area contributed by atoms with Gasteiger partial charge in [-0.05, 0) is 32.6 Å². The van der Waals surface area contributed by atoms with Gasteiger partial charge in [0.2, 0.25) is 5.91 Å². The number of amides is 1. The molecule has 1 fully saturated rings. The molecular weight excluding hydrogens is 262 g/mol. The van der Waals surface area contributed by atoms with Crippen molar-refractivity contribution in [2.75, 3.05) is 12.3 Å². The number of hydrogen-bond donors (Lipinski definition) is 1. The van der Waals surface area contributed by atoms with Gasteiger partial charge in [-0.25, -0.2) is 8.42 Å². The van der Waals surface area contributed by atoms with Crippen molar-refractivity contribution in [3.63, 3.8) is 0 Å². The zero-order valence-corrected chi connectivity index (χ0v) is 12.7. The first-order valence-electron chi connectivity index (χ1n) is 7.08. The van der Waals surface area contributed by atoms with Crippen molar-refractivity contribution >= 4 is 15.7 Å². The minimum absolute atomic E-state index is 0.0679. The Bertz CT molecular complexity index is 408. The van der Waals surface area contributed by atoms with Crippen LogP contribution in [0.5, 0.6) is 0 Å². The van der Waals surface area contributed by atoms with Crippen LogP contribution < -0.4 is 5.32 Å². The van der Waals surface area contributed by atoms with Gasteiger partial charge in [-0.1, -0.05) is 31.4 Å². The fraction of sp³-hybridized carbons (Fsp3) is 0.786. The summed E-state index contributed by atoms with van der Waals surface area (Å²) in [6.45, 7) is 3.85. The highest BCUT2D eigenvalue weighted by atomic mass is 32.2. The molecule has 1 atom stereocenters. The zero-order valence-electron chi connectivity index (χ0n) is 11.9. The summed E-state index contributed by atoms with van der Waals surface area (Å²) in [7, 11) is -3.37. The van der Waals surface area contributed by atoms with Crippen LogP contribution in [0.2, 0.25) is 0 Å². The lowest BCUT2D eigenvalue weighted by molar-refractivity contribution is -0.120. The molecule has 1 aliphatic carbocycles. The van der Waals surface area contributed by atoms with Gasteiger partial charge in [0.15, 0.2) is 9.84 Å². The molecule has 19 heavy (non-hydrogen) atoms. The van der Waals surface area contributed by atoms with Crippen molar-refractivity contribution in [3.05, 3.63) is 12.2 Å². The zero-order chi connectivity index (χ0) is 14.3. The van der Waals surface area contributed by atoms with E-state index in [0.717, 1.165) is 12.8 Å². The summed E-state index contributed by atoms with van der Waals surface area (Å²) in [6, 6.07) is 0. The van der Waals surface area contributed by atoms with Gasteiger partial charge in [0.1, 0.15) is 5.25 Å². The van der Waals surface area contributed by atoms with Crippen LogP contribution in [-0.2, 0) is 14.6 Å². The van der Waals surface area contributed by atoms with Crippen molar-refractivity contribution in [1.29, 1.82) is 0 Å². The molecule has 0 saturated heterocycles. The molecule has 1 rings (SSSR count). The maximum atomic E-state index is 11.9. The fourth-order valence-corrected chi connectivity index (χ4v) is 3.48. The monoisotopic (exact) mass is 287 g/mol. The first-order chi connectivity index (χ1) is 8.97. The van der Waals surface area contributed by atoms with E-state index in [0.29, 0.717) is 12.5 Å². The van der Waals surface area contributed by atoms with Crippen LogP contribution >= 0.6 is 0 Å². The second-order valence-electron chi connectivity index (χ2n) is 5.29. The van der Waals surface area contributed by atoms with Crippen LogP contribution in [0.3, 0.4) is 0 Å². The molecule has 0 aliphatic heterocycles. The van der Waals surface area contributed by atoms with Crippen LogP contribution in [-0.4, -0.2) is 31.9 Å². The number of carbonyl (C=O) groups excluding carboxylic acids is 1. The van der Waals surface area contributed by atoms with Gasteiger partial charge in [-0.2, -0.15) is 0 Å². The molecule has 0 aromatic rings. The number of rotatable bonds is 6. The third-order valence-electron chi connectivity index (χ3n) is 3.76. The maximum absolute atomic E-state index is 11.9. The summed E-state index contributed by atoms with van der Waals surface area (Å²) in [5, 5.41) is 1.83. The van der Waals surface area contributed by atoms with Crippen LogP contribution in [0.15, 0.2) is 12.2 Å². The van der Waals surface area contributed by atoms with Gasteiger partial charge in [0.25, 0.3) is 0 Å². The van der Waals surface area contributed by atoms with Gasteiger partial charge in [-0.3, -0.25) is 4.79 Å².